The average molecular weight is 300 g/mol. The van der Waals surface area contributed by atoms with Crippen LogP contribution < -0.4 is 10.5 Å². The molecule has 0 bridgehead atoms. The van der Waals surface area contributed by atoms with E-state index < -0.39 is 0 Å². The molecule has 118 valence electrons. The second-order valence-corrected chi connectivity index (χ2v) is 5.96. The standard InChI is InChI=1S/C17H24N4O/c1-11-14(12(2)20(3)19-11)9-21-10-15-13(16(21)8-18)6-5-7-17(15)22-4/h5-7,16H,8-10,18H2,1-4H3. The molecule has 0 saturated heterocycles. The first-order valence-electron chi connectivity index (χ1n) is 7.65. The van der Waals surface area contributed by atoms with Crippen LogP contribution in [-0.4, -0.2) is 28.3 Å². The second-order valence-electron chi connectivity index (χ2n) is 5.96. The average Bonchev–Trinajstić information content (AvgIpc) is 2.99. The van der Waals surface area contributed by atoms with Crippen LogP contribution in [0, 0.1) is 13.8 Å². The smallest absolute Gasteiger partial charge is 0.123 e. The maximum atomic E-state index is 6.06. The van der Waals surface area contributed by atoms with Gasteiger partial charge in [0.1, 0.15) is 5.75 Å². The van der Waals surface area contributed by atoms with Crippen molar-refractivity contribution in [1.82, 2.24) is 14.7 Å². The molecular formula is C17H24N4O. The highest BCUT2D eigenvalue weighted by Crippen LogP contribution is 2.39. The van der Waals surface area contributed by atoms with Gasteiger partial charge in [-0.3, -0.25) is 9.58 Å². The molecule has 0 spiro atoms. The lowest BCUT2D eigenvalue weighted by molar-refractivity contribution is 0.209. The van der Waals surface area contributed by atoms with Crippen molar-refractivity contribution < 1.29 is 4.74 Å². The Kier molecular flexibility index (Phi) is 3.93. The molecule has 2 N–H and O–H groups in total. The number of nitrogens with two attached hydrogens (primary N) is 1. The highest BCUT2D eigenvalue weighted by atomic mass is 16.5. The Morgan fingerprint density at radius 3 is 2.73 bits per heavy atom. The van der Waals surface area contributed by atoms with Gasteiger partial charge in [0.15, 0.2) is 0 Å². The Balaban J connectivity index is 1.93. The Labute approximate surface area is 131 Å². The quantitative estimate of drug-likeness (QED) is 0.939. The van der Waals surface area contributed by atoms with Crippen molar-refractivity contribution in [3.63, 3.8) is 0 Å². The van der Waals surface area contributed by atoms with Crippen LogP contribution in [0.15, 0.2) is 18.2 Å². The van der Waals surface area contributed by atoms with E-state index in [4.69, 9.17) is 10.5 Å². The molecule has 1 unspecified atom stereocenters. The SMILES string of the molecule is COc1cccc2c1CN(Cc1c(C)nn(C)c1C)C2CN. The van der Waals surface area contributed by atoms with Crippen molar-refractivity contribution in [2.24, 2.45) is 12.8 Å². The largest absolute Gasteiger partial charge is 0.496 e. The molecule has 3 rings (SSSR count). The number of nitrogens with zero attached hydrogens (tertiary/aromatic N) is 3. The Bertz CT molecular complexity index is 692. The number of hydrogen-bond donors (Lipinski definition) is 1. The van der Waals surface area contributed by atoms with Crippen LogP contribution in [0.1, 0.15) is 34.1 Å². The van der Waals surface area contributed by atoms with Crippen molar-refractivity contribution in [1.29, 1.82) is 0 Å². The van der Waals surface area contributed by atoms with E-state index in [9.17, 15) is 0 Å². The summed E-state index contributed by atoms with van der Waals surface area (Å²) < 4.78 is 7.47. The van der Waals surface area contributed by atoms with E-state index in [1.54, 1.807) is 7.11 Å². The Morgan fingerprint density at radius 1 is 1.36 bits per heavy atom. The van der Waals surface area contributed by atoms with E-state index in [1.807, 2.05) is 23.9 Å². The molecule has 1 atom stereocenters. The van der Waals surface area contributed by atoms with Gasteiger partial charge in [-0.25, -0.2) is 0 Å². The van der Waals surface area contributed by atoms with Gasteiger partial charge in [0.2, 0.25) is 0 Å². The summed E-state index contributed by atoms with van der Waals surface area (Å²) in [6.07, 6.45) is 0. The molecule has 0 aliphatic carbocycles. The first kappa shape index (κ1) is 15.1. The molecule has 1 aliphatic rings. The summed E-state index contributed by atoms with van der Waals surface area (Å²) in [5, 5.41) is 4.52. The fraction of sp³-hybridized carbons (Fsp3) is 0.471. The molecule has 0 radical (unpaired) electrons. The number of benzene rings is 1. The zero-order chi connectivity index (χ0) is 15.9. The van der Waals surface area contributed by atoms with Crippen LogP contribution in [0.25, 0.3) is 0 Å². The lowest BCUT2D eigenvalue weighted by Gasteiger charge is -2.24. The zero-order valence-corrected chi connectivity index (χ0v) is 13.8. The van der Waals surface area contributed by atoms with Crippen LogP contribution in [0.3, 0.4) is 0 Å². The first-order chi connectivity index (χ1) is 10.6. The number of aryl methyl sites for hydroxylation is 2. The molecule has 2 heterocycles. The van der Waals surface area contributed by atoms with E-state index in [2.05, 4.69) is 29.9 Å². The summed E-state index contributed by atoms with van der Waals surface area (Å²) in [5.41, 5.74) is 12.2. The van der Waals surface area contributed by atoms with E-state index in [-0.39, 0.29) is 6.04 Å². The topological polar surface area (TPSA) is 56.3 Å². The maximum absolute atomic E-state index is 6.06. The monoisotopic (exact) mass is 300 g/mol. The van der Waals surface area contributed by atoms with Gasteiger partial charge < -0.3 is 10.5 Å². The fourth-order valence-corrected chi connectivity index (χ4v) is 3.46. The van der Waals surface area contributed by atoms with Crippen molar-refractivity contribution in [2.75, 3.05) is 13.7 Å². The Morgan fingerprint density at radius 2 is 2.14 bits per heavy atom. The fourth-order valence-electron chi connectivity index (χ4n) is 3.46. The number of aromatic nitrogens is 2. The van der Waals surface area contributed by atoms with Gasteiger partial charge >= 0.3 is 0 Å². The summed E-state index contributed by atoms with van der Waals surface area (Å²) in [4.78, 5) is 2.42. The van der Waals surface area contributed by atoms with Crippen molar-refractivity contribution in [3.05, 3.63) is 46.3 Å². The minimum Gasteiger partial charge on any atom is -0.496 e. The molecule has 5 heteroatoms. The van der Waals surface area contributed by atoms with Gasteiger partial charge in [-0.2, -0.15) is 5.10 Å². The number of fused-ring (bicyclic) bond motifs is 1. The van der Waals surface area contributed by atoms with E-state index in [1.165, 1.54) is 22.4 Å². The van der Waals surface area contributed by atoms with Crippen molar-refractivity contribution in [3.8, 4) is 5.75 Å². The third-order valence-corrected chi connectivity index (χ3v) is 4.79. The van der Waals surface area contributed by atoms with Gasteiger partial charge in [0.05, 0.1) is 12.8 Å². The second kappa shape index (κ2) is 5.74. The lowest BCUT2D eigenvalue weighted by Crippen LogP contribution is -2.28. The van der Waals surface area contributed by atoms with Crippen LogP contribution >= 0.6 is 0 Å². The molecule has 1 aromatic heterocycles. The summed E-state index contributed by atoms with van der Waals surface area (Å²) >= 11 is 0. The Hall–Kier alpha value is -1.85. The summed E-state index contributed by atoms with van der Waals surface area (Å²) in [6.45, 7) is 6.54. The van der Waals surface area contributed by atoms with Crippen molar-refractivity contribution in [2.45, 2.75) is 33.0 Å². The van der Waals surface area contributed by atoms with E-state index >= 15 is 0 Å². The van der Waals surface area contributed by atoms with Gasteiger partial charge in [-0.05, 0) is 25.5 Å². The van der Waals surface area contributed by atoms with Crippen molar-refractivity contribution >= 4 is 0 Å². The minimum absolute atomic E-state index is 0.240. The molecule has 5 nitrogen and oxygen atoms in total. The number of rotatable bonds is 4. The number of ether oxygens (including phenoxy) is 1. The summed E-state index contributed by atoms with van der Waals surface area (Å²) in [5.74, 6) is 0.957. The van der Waals surface area contributed by atoms with E-state index in [0.29, 0.717) is 6.54 Å². The zero-order valence-electron chi connectivity index (χ0n) is 13.8. The van der Waals surface area contributed by atoms with Crippen LogP contribution in [-0.2, 0) is 20.1 Å². The van der Waals surface area contributed by atoms with Gasteiger partial charge in [0, 0.05) is 49.5 Å². The molecule has 0 amide bonds. The minimum atomic E-state index is 0.240. The third kappa shape index (κ3) is 2.30. The molecule has 1 aliphatic heterocycles. The molecule has 2 aromatic rings. The molecular weight excluding hydrogens is 276 g/mol. The highest BCUT2D eigenvalue weighted by Gasteiger charge is 2.32. The third-order valence-electron chi connectivity index (χ3n) is 4.79. The maximum Gasteiger partial charge on any atom is 0.123 e. The van der Waals surface area contributed by atoms with Gasteiger partial charge in [0.25, 0.3) is 0 Å². The first-order valence-corrected chi connectivity index (χ1v) is 7.65. The molecule has 1 aromatic carbocycles. The highest BCUT2D eigenvalue weighted by molar-refractivity contribution is 5.45. The van der Waals surface area contributed by atoms with Crippen LogP contribution in [0.5, 0.6) is 5.75 Å². The number of methoxy groups -OCH3 is 1. The normalized spacial score (nSPS) is 17.8. The summed E-state index contributed by atoms with van der Waals surface area (Å²) in [7, 11) is 3.72. The summed E-state index contributed by atoms with van der Waals surface area (Å²) in [6, 6.07) is 6.48. The molecule has 0 saturated carbocycles. The van der Waals surface area contributed by atoms with Gasteiger partial charge in [-0.1, -0.05) is 12.1 Å². The van der Waals surface area contributed by atoms with Crippen LogP contribution in [0.4, 0.5) is 0 Å². The van der Waals surface area contributed by atoms with Gasteiger partial charge in [-0.15, -0.1) is 0 Å². The lowest BCUT2D eigenvalue weighted by atomic mass is 10.0. The predicted octanol–water partition coefficient (Wildman–Crippen LogP) is 2.06. The van der Waals surface area contributed by atoms with Crippen LogP contribution in [0.2, 0.25) is 0 Å². The molecule has 0 fully saturated rings. The van der Waals surface area contributed by atoms with E-state index in [0.717, 1.165) is 24.5 Å². The number of hydrogen-bond acceptors (Lipinski definition) is 4. The molecule has 22 heavy (non-hydrogen) atoms. The predicted molar refractivity (Wildman–Crippen MR) is 86.7 cm³/mol.